The van der Waals surface area contributed by atoms with Gasteiger partial charge in [-0.2, -0.15) is 0 Å². The Labute approximate surface area is 271 Å². The minimum Gasteiger partial charge on any atom is -0.493 e. The number of carbonyl (C=O) groups is 2. The first-order chi connectivity index (χ1) is 22.3. The van der Waals surface area contributed by atoms with Crippen molar-refractivity contribution in [2.24, 2.45) is 0 Å². The molecule has 2 heterocycles. The van der Waals surface area contributed by atoms with Gasteiger partial charge in [0.2, 0.25) is 6.10 Å². The summed E-state index contributed by atoms with van der Waals surface area (Å²) in [4.78, 5) is 31.5. The molecule has 3 aromatic carbocycles. The molecule has 0 aliphatic carbocycles. The van der Waals surface area contributed by atoms with Crippen molar-refractivity contribution in [1.29, 1.82) is 0 Å². The van der Waals surface area contributed by atoms with Crippen LogP contribution >= 0.6 is 0 Å². The zero-order chi connectivity index (χ0) is 34.0. The number of aromatic nitrogens is 1. The van der Waals surface area contributed by atoms with Crippen LogP contribution < -0.4 is 25.3 Å². The minimum atomic E-state index is -3.86. The lowest BCUT2D eigenvalue weighted by Crippen LogP contribution is -2.38. The lowest BCUT2D eigenvalue weighted by atomic mass is 10.0. The number of rotatable bonds is 10. The third-order valence-corrected chi connectivity index (χ3v) is 10.3. The van der Waals surface area contributed by atoms with Crippen molar-refractivity contribution in [3.05, 3.63) is 77.7 Å². The van der Waals surface area contributed by atoms with Gasteiger partial charge in [0.05, 0.1) is 30.4 Å². The molecule has 1 saturated heterocycles. The van der Waals surface area contributed by atoms with Crippen LogP contribution in [0.3, 0.4) is 0 Å². The van der Waals surface area contributed by atoms with E-state index in [9.17, 15) is 23.1 Å². The number of sulfone groups is 1. The standard InChI is InChI=1S/C33H35FN4O8S/c1-18(2)47(42,43)29-10-7-20(37-33(40)41)15-24(29)26-6-5-13-38(26)32(39)30(23-16-27(44-3)28(45-4)17-25(23)34)46-21-8-9-22-19(14-21)11-12-36-31(22)35/h7-12,14-18,26,30,37H,5-6,13H2,1-4H3,(H2,35,36)(H,40,41)/t26-,30-/m1/s1. The molecule has 1 aliphatic rings. The maximum atomic E-state index is 15.8. The molecule has 0 spiro atoms. The van der Waals surface area contributed by atoms with Gasteiger partial charge in [-0.15, -0.1) is 0 Å². The van der Waals surface area contributed by atoms with Gasteiger partial charge in [0.15, 0.2) is 21.3 Å². The van der Waals surface area contributed by atoms with Crippen LogP contribution in [0.5, 0.6) is 17.2 Å². The van der Waals surface area contributed by atoms with Gasteiger partial charge >= 0.3 is 6.09 Å². The fourth-order valence-corrected chi connectivity index (χ4v) is 7.02. The van der Waals surface area contributed by atoms with Gasteiger partial charge in [-0.3, -0.25) is 10.1 Å². The van der Waals surface area contributed by atoms with E-state index < -0.39 is 45.1 Å². The molecule has 1 aliphatic heterocycles. The Hall–Kier alpha value is -5.11. The predicted octanol–water partition coefficient (Wildman–Crippen LogP) is 5.73. The number of amides is 2. The number of nitrogen functional groups attached to an aromatic ring is 1. The molecule has 1 aromatic heterocycles. The SMILES string of the molecule is COc1cc(F)c([C@@H](Oc2ccc3c(N)nccc3c2)C(=O)N2CCC[C@@H]2c2cc(NC(=O)O)ccc2S(=O)(=O)C(C)C)cc1OC. The number of nitrogens with one attached hydrogen (secondary N) is 1. The van der Waals surface area contributed by atoms with Gasteiger partial charge in [0.25, 0.3) is 5.91 Å². The Kier molecular flexibility index (Phi) is 9.43. The van der Waals surface area contributed by atoms with Crippen LogP contribution in [0, 0.1) is 5.82 Å². The summed E-state index contributed by atoms with van der Waals surface area (Å²) in [6.07, 6.45) is -0.482. The Morgan fingerprint density at radius 2 is 1.79 bits per heavy atom. The molecule has 0 saturated carbocycles. The maximum absolute atomic E-state index is 15.8. The first kappa shape index (κ1) is 33.3. The molecule has 0 bridgehead atoms. The van der Waals surface area contributed by atoms with E-state index in [1.54, 1.807) is 24.3 Å². The van der Waals surface area contributed by atoms with Crippen LogP contribution in [0.2, 0.25) is 0 Å². The number of hydrogen-bond acceptors (Lipinski definition) is 9. The molecule has 0 unspecified atom stereocenters. The van der Waals surface area contributed by atoms with E-state index in [-0.39, 0.29) is 45.5 Å². The third-order valence-electron chi connectivity index (χ3n) is 8.11. The number of carboxylic acid groups (broad SMARTS) is 1. The van der Waals surface area contributed by atoms with E-state index in [2.05, 4.69) is 10.3 Å². The number of hydrogen-bond donors (Lipinski definition) is 3. The molecule has 14 heteroatoms. The van der Waals surface area contributed by atoms with E-state index in [4.69, 9.17) is 19.9 Å². The summed E-state index contributed by atoms with van der Waals surface area (Å²) in [5.41, 5.74) is 6.26. The summed E-state index contributed by atoms with van der Waals surface area (Å²) >= 11 is 0. The number of halogens is 1. The quantitative estimate of drug-likeness (QED) is 0.190. The number of nitrogens with zero attached hydrogens (tertiary/aromatic N) is 2. The summed E-state index contributed by atoms with van der Waals surface area (Å²) in [5.74, 6) is -0.613. The maximum Gasteiger partial charge on any atom is 0.409 e. The van der Waals surface area contributed by atoms with Crippen LogP contribution in [-0.2, 0) is 14.6 Å². The highest BCUT2D eigenvalue weighted by molar-refractivity contribution is 7.92. The first-order valence-electron chi connectivity index (χ1n) is 14.8. The van der Waals surface area contributed by atoms with E-state index in [1.165, 1.54) is 63.4 Å². The summed E-state index contributed by atoms with van der Waals surface area (Å²) < 4.78 is 59.7. The normalized spacial score (nSPS) is 15.4. The highest BCUT2D eigenvalue weighted by atomic mass is 32.2. The lowest BCUT2D eigenvalue weighted by Gasteiger charge is -2.31. The number of nitrogens with two attached hydrogens (primary N) is 1. The van der Waals surface area contributed by atoms with Crippen molar-refractivity contribution < 1.29 is 41.7 Å². The minimum absolute atomic E-state index is 0.0244. The molecule has 4 N–H and O–H groups in total. The average molecular weight is 667 g/mol. The van der Waals surface area contributed by atoms with Crippen LogP contribution in [0.4, 0.5) is 20.7 Å². The van der Waals surface area contributed by atoms with Gasteiger partial charge < -0.3 is 30.0 Å². The average Bonchev–Trinajstić information content (AvgIpc) is 3.53. The van der Waals surface area contributed by atoms with E-state index in [1.807, 2.05) is 0 Å². The summed E-state index contributed by atoms with van der Waals surface area (Å²) in [6, 6.07) is 12.4. The Bertz CT molecular complexity index is 1950. The molecule has 248 valence electrons. The fraction of sp³-hybridized carbons (Fsp3) is 0.303. The predicted molar refractivity (Wildman–Crippen MR) is 173 cm³/mol. The molecule has 5 rings (SSSR count). The summed E-state index contributed by atoms with van der Waals surface area (Å²) in [5, 5.41) is 12.1. The zero-order valence-corrected chi connectivity index (χ0v) is 27.0. The summed E-state index contributed by atoms with van der Waals surface area (Å²) in [7, 11) is -1.12. The second-order valence-corrected chi connectivity index (χ2v) is 13.7. The van der Waals surface area contributed by atoms with Gasteiger partial charge in [0, 0.05) is 35.4 Å². The van der Waals surface area contributed by atoms with Gasteiger partial charge in [-0.05, 0) is 86.2 Å². The number of anilines is 2. The van der Waals surface area contributed by atoms with Crippen molar-refractivity contribution in [2.45, 2.75) is 49.0 Å². The molecule has 4 aromatic rings. The van der Waals surface area contributed by atoms with Gasteiger partial charge in [0.1, 0.15) is 17.4 Å². The highest BCUT2D eigenvalue weighted by Gasteiger charge is 2.40. The van der Waals surface area contributed by atoms with Crippen LogP contribution in [0.1, 0.15) is 50.0 Å². The number of methoxy groups -OCH3 is 2. The highest BCUT2D eigenvalue weighted by Crippen LogP contribution is 2.42. The first-order valence-corrected chi connectivity index (χ1v) is 16.3. The van der Waals surface area contributed by atoms with E-state index in [0.29, 0.717) is 29.4 Å². The van der Waals surface area contributed by atoms with Crippen molar-refractivity contribution in [1.82, 2.24) is 9.88 Å². The third kappa shape index (κ3) is 6.59. The van der Waals surface area contributed by atoms with Crippen molar-refractivity contribution in [2.75, 3.05) is 31.8 Å². The van der Waals surface area contributed by atoms with E-state index >= 15 is 4.39 Å². The number of carbonyl (C=O) groups excluding carboxylic acids is 1. The molecule has 1 fully saturated rings. The fourth-order valence-electron chi connectivity index (χ4n) is 5.73. The van der Waals surface area contributed by atoms with Gasteiger partial charge in [-0.1, -0.05) is 0 Å². The summed E-state index contributed by atoms with van der Waals surface area (Å²) in [6.45, 7) is 3.28. The van der Waals surface area contributed by atoms with Crippen LogP contribution in [-0.4, -0.2) is 61.4 Å². The number of benzene rings is 3. The molecular formula is C33H35FN4O8S. The second-order valence-electron chi connectivity index (χ2n) is 11.3. The topological polar surface area (TPSA) is 170 Å². The molecular weight excluding hydrogens is 631 g/mol. The Morgan fingerprint density at radius 3 is 2.47 bits per heavy atom. The number of fused-ring (bicyclic) bond motifs is 1. The molecule has 12 nitrogen and oxygen atoms in total. The smallest absolute Gasteiger partial charge is 0.409 e. The number of likely N-dealkylation sites (tertiary alicyclic amines) is 1. The van der Waals surface area contributed by atoms with Crippen molar-refractivity contribution >= 4 is 44.1 Å². The van der Waals surface area contributed by atoms with Crippen molar-refractivity contribution in [3.63, 3.8) is 0 Å². The van der Waals surface area contributed by atoms with Crippen LogP contribution in [0.25, 0.3) is 10.8 Å². The second kappa shape index (κ2) is 13.3. The molecule has 2 atom stereocenters. The van der Waals surface area contributed by atoms with E-state index in [0.717, 1.165) is 6.07 Å². The zero-order valence-electron chi connectivity index (χ0n) is 26.2. The largest absolute Gasteiger partial charge is 0.493 e. The number of ether oxygens (including phenoxy) is 3. The lowest BCUT2D eigenvalue weighted by molar-refractivity contribution is -0.140. The monoisotopic (exact) mass is 666 g/mol. The van der Waals surface area contributed by atoms with Gasteiger partial charge in [-0.25, -0.2) is 22.6 Å². The molecule has 0 radical (unpaired) electrons. The Morgan fingerprint density at radius 1 is 1.06 bits per heavy atom. The van der Waals surface area contributed by atoms with Crippen LogP contribution in [0.15, 0.2) is 65.7 Å². The molecule has 47 heavy (non-hydrogen) atoms. The van der Waals surface area contributed by atoms with Crippen molar-refractivity contribution in [3.8, 4) is 17.2 Å². The Balaban J connectivity index is 1.63. The molecule has 2 amide bonds. The number of pyridine rings is 1.